The van der Waals surface area contributed by atoms with Crippen LogP contribution in [0.4, 0.5) is 0 Å². The van der Waals surface area contributed by atoms with Crippen molar-refractivity contribution in [2.45, 2.75) is 32.3 Å². The lowest BCUT2D eigenvalue weighted by Crippen LogP contribution is -2.55. The first-order valence-corrected chi connectivity index (χ1v) is 10.6. The molecule has 2 aromatic heterocycles. The van der Waals surface area contributed by atoms with Crippen molar-refractivity contribution >= 4 is 23.2 Å². The molecule has 2 saturated heterocycles. The number of amides is 2. The third-order valence-corrected chi connectivity index (χ3v) is 6.99. The SMILES string of the molecule is Cc1ccsc1C(=O)N1CCC2(CC1)CC(O)CN(C(=O)c1cccnc1)C2. The van der Waals surface area contributed by atoms with Crippen LogP contribution in [0.15, 0.2) is 36.0 Å². The second kappa shape index (κ2) is 7.64. The summed E-state index contributed by atoms with van der Waals surface area (Å²) in [5.74, 6) is 0.0148. The van der Waals surface area contributed by atoms with E-state index in [1.165, 1.54) is 11.3 Å². The highest BCUT2D eigenvalue weighted by Gasteiger charge is 2.43. The smallest absolute Gasteiger partial charge is 0.264 e. The van der Waals surface area contributed by atoms with Gasteiger partial charge in [-0.2, -0.15) is 0 Å². The van der Waals surface area contributed by atoms with E-state index >= 15 is 0 Å². The number of aliphatic hydroxyl groups excluding tert-OH is 1. The number of pyridine rings is 1. The Labute approximate surface area is 168 Å². The molecule has 0 radical (unpaired) electrons. The molecule has 0 bridgehead atoms. The lowest BCUT2D eigenvalue weighted by atomic mass is 9.71. The van der Waals surface area contributed by atoms with Crippen LogP contribution >= 0.6 is 11.3 Å². The van der Waals surface area contributed by atoms with E-state index in [-0.39, 0.29) is 17.2 Å². The van der Waals surface area contributed by atoms with Gasteiger partial charge in [0.05, 0.1) is 16.5 Å². The summed E-state index contributed by atoms with van der Waals surface area (Å²) in [6.07, 6.45) is 4.97. The number of β-amino-alcohol motifs (C(OH)–C–C–N with tert-alkyl or cyclic N) is 1. The summed E-state index contributed by atoms with van der Waals surface area (Å²) in [4.78, 5) is 34.2. The predicted molar refractivity (Wildman–Crippen MR) is 107 cm³/mol. The predicted octanol–water partition coefficient (Wildman–Crippen LogP) is 2.58. The Morgan fingerprint density at radius 2 is 2.00 bits per heavy atom. The van der Waals surface area contributed by atoms with Crippen molar-refractivity contribution < 1.29 is 14.7 Å². The topological polar surface area (TPSA) is 73.7 Å². The molecule has 4 heterocycles. The lowest BCUT2D eigenvalue weighted by molar-refractivity contribution is -0.0298. The van der Waals surface area contributed by atoms with Gasteiger partial charge in [0, 0.05) is 38.6 Å². The summed E-state index contributed by atoms with van der Waals surface area (Å²) in [5, 5.41) is 12.4. The van der Waals surface area contributed by atoms with Gasteiger partial charge in [0.15, 0.2) is 0 Å². The van der Waals surface area contributed by atoms with Crippen LogP contribution in [0.2, 0.25) is 0 Å². The van der Waals surface area contributed by atoms with Crippen molar-refractivity contribution in [2.24, 2.45) is 5.41 Å². The molecule has 7 heteroatoms. The monoisotopic (exact) mass is 399 g/mol. The van der Waals surface area contributed by atoms with E-state index in [9.17, 15) is 14.7 Å². The maximum atomic E-state index is 12.8. The number of aromatic nitrogens is 1. The molecule has 2 aliphatic rings. The molecule has 4 rings (SSSR count). The van der Waals surface area contributed by atoms with Crippen LogP contribution in [0.25, 0.3) is 0 Å². The third kappa shape index (κ3) is 3.69. The number of carbonyl (C=O) groups is 2. The zero-order valence-electron chi connectivity index (χ0n) is 16.0. The summed E-state index contributed by atoms with van der Waals surface area (Å²) in [5.41, 5.74) is 1.45. The number of hydrogen-bond acceptors (Lipinski definition) is 5. The molecule has 1 N–H and O–H groups in total. The maximum absolute atomic E-state index is 12.8. The summed E-state index contributed by atoms with van der Waals surface area (Å²) in [6, 6.07) is 5.48. The van der Waals surface area contributed by atoms with Crippen molar-refractivity contribution in [3.8, 4) is 0 Å². The van der Waals surface area contributed by atoms with E-state index in [2.05, 4.69) is 4.98 Å². The molecular weight excluding hydrogens is 374 g/mol. The number of likely N-dealkylation sites (tertiary alicyclic amines) is 2. The first kappa shape index (κ1) is 19.1. The molecule has 2 aromatic rings. The Morgan fingerprint density at radius 1 is 1.21 bits per heavy atom. The van der Waals surface area contributed by atoms with E-state index in [1.54, 1.807) is 29.4 Å². The van der Waals surface area contributed by atoms with Gasteiger partial charge in [-0.25, -0.2) is 0 Å². The van der Waals surface area contributed by atoms with Gasteiger partial charge >= 0.3 is 0 Å². The van der Waals surface area contributed by atoms with E-state index in [0.29, 0.717) is 38.2 Å². The average Bonchev–Trinajstić information content (AvgIpc) is 3.13. The largest absolute Gasteiger partial charge is 0.391 e. The first-order valence-electron chi connectivity index (χ1n) is 9.68. The number of rotatable bonds is 2. The molecule has 2 aliphatic heterocycles. The Bertz CT molecular complexity index is 859. The van der Waals surface area contributed by atoms with Crippen LogP contribution in [0, 0.1) is 12.3 Å². The fourth-order valence-electron chi connectivity index (χ4n) is 4.46. The van der Waals surface area contributed by atoms with Gasteiger partial charge in [-0.3, -0.25) is 14.6 Å². The molecule has 2 fully saturated rings. The lowest BCUT2D eigenvalue weighted by Gasteiger charge is -2.49. The Kier molecular flexibility index (Phi) is 5.21. The van der Waals surface area contributed by atoms with Gasteiger partial charge in [-0.1, -0.05) is 0 Å². The third-order valence-electron chi connectivity index (χ3n) is 5.99. The fourth-order valence-corrected chi connectivity index (χ4v) is 5.35. The normalized spacial score (nSPS) is 21.7. The molecule has 2 amide bonds. The standard InChI is InChI=1S/C21H25N3O3S/c1-15-4-10-28-18(15)20(27)23-8-5-21(6-9-23)11-17(25)13-24(14-21)19(26)16-3-2-7-22-12-16/h2-4,7,10,12,17,25H,5-6,8-9,11,13-14H2,1H3. The second-order valence-electron chi connectivity index (χ2n) is 8.01. The molecule has 148 valence electrons. The van der Waals surface area contributed by atoms with Gasteiger partial charge in [0.2, 0.25) is 0 Å². The number of aliphatic hydroxyl groups is 1. The van der Waals surface area contributed by atoms with Crippen LogP contribution in [-0.4, -0.2) is 64.0 Å². The minimum absolute atomic E-state index is 0.0843. The van der Waals surface area contributed by atoms with Crippen LogP contribution in [0.5, 0.6) is 0 Å². The van der Waals surface area contributed by atoms with Gasteiger partial charge in [-0.05, 0) is 60.7 Å². The van der Waals surface area contributed by atoms with Crippen molar-refractivity contribution in [1.29, 1.82) is 0 Å². The number of nitrogens with zero attached hydrogens (tertiary/aromatic N) is 3. The maximum Gasteiger partial charge on any atom is 0.264 e. The number of thiophene rings is 1. The fraction of sp³-hybridized carbons (Fsp3) is 0.476. The molecule has 1 atom stereocenters. The van der Waals surface area contributed by atoms with E-state index < -0.39 is 6.10 Å². The molecular formula is C21H25N3O3S. The molecule has 0 saturated carbocycles. The summed E-state index contributed by atoms with van der Waals surface area (Å²) in [7, 11) is 0. The zero-order chi connectivity index (χ0) is 19.7. The van der Waals surface area contributed by atoms with Crippen molar-refractivity contribution in [3.05, 3.63) is 52.0 Å². The second-order valence-corrected chi connectivity index (χ2v) is 8.93. The van der Waals surface area contributed by atoms with Crippen molar-refractivity contribution in [2.75, 3.05) is 26.2 Å². The quantitative estimate of drug-likeness (QED) is 0.842. The molecule has 28 heavy (non-hydrogen) atoms. The number of aryl methyl sites for hydroxylation is 1. The summed E-state index contributed by atoms with van der Waals surface area (Å²) >= 11 is 1.49. The van der Waals surface area contributed by atoms with Crippen LogP contribution in [0.3, 0.4) is 0 Å². The van der Waals surface area contributed by atoms with Crippen LogP contribution in [-0.2, 0) is 0 Å². The molecule has 0 aromatic carbocycles. The van der Waals surface area contributed by atoms with Crippen molar-refractivity contribution in [3.63, 3.8) is 0 Å². The Hall–Kier alpha value is -2.25. The van der Waals surface area contributed by atoms with Gasteiger partial charge < -0.3 is 14.9 Å². The minimum Gasteiger partial charge on any atom is -0.391 e. The van der Waals surface area contributed by atoms with Gasteiger partial charge in [0.1, 0.15) is 0 Å². The zero-order valence-corrected chi connectivity index (χ0v) is 16.8. The average molecular weight is 400 g/mol. The van der Waals surface area contributed by atoms with Crippen LogP contribution < -0.4 is 0 Å². The molecule has 1 unspecified atom stereocenters. The highest BCUT2D eigenvalue weighted by atomic mass is 32.1. The molecule has 6 nitrogen and oxygen atoms in total. The van der Waals surface area contributed by atoms with E-state index in [0.717, 1.165) is 23.3 Å². The molecule has 0 aliphatic carbocycles. The number of piperidine rings is 2. The van der Waals surface area contributed by atoms with E-state index in [1.807, 2.05) is 23.3 Å². The Balaban J connectivity index is 1.44. The highest BCUT2D eigenvalue weighted by molar-refractivity contribution is 7.12. The van der Waals surface area contributed by atoms with Crippen LogP contribution in [0.1, 0.15) is 44.9 Å². The van der Waals surface area contributed by atoms with Gasteiger partial charge in [0.25, 0.3) is 11.8 Å². The van der Waals surface area contributed by atoms with E-state index in [4.69, 9.17) is 0 Å². The first-order chi connectivity index (χ1) is 13.5. The minimum atomic E-state index is -0.531. The number of hydrogen-bond donors (Lipinski definition) is 1. The summed E-state index contributed by atoms with van der Waals surface area (Å²) in [6.45, 7) is 4.27. The highest BCUT2D eigenvalue weighted by Crippen LogP contribution is 2.40. The summed E-state index contributed by atoms with van der Waals surface area (Å²) < 4.78 is 0. The van der Waals surface area contributed by atoms with Crippen molar-refractivity contribution in [1.82, 2.24) is 14.8 Å². The van der Waals surface area contributed by atoms with Gasteiger partial charge in [-0.15, -0.1) is 11.3 Å². The number of carbonyl (C=O) groups excluding carboxylic acids is 2. The Morgan fingerprint density at radius 3 is 2.64 bits per heavy atom. The molecule has 1 spiro atoms.